The zero-order chi connectivity index (χ0) is 13.9. The van der Waals surface area contributed by atoms with E-state index < -0.39 is 0 Å². The maximum absolute atomic E-state index is 12.1. The highest BCUT2D eigenvalue weighted by molar-refractivity contribution is 7.80. The molecule has 1 amide bonds. The first-order valence-electron chi connectivity index (χ1n) is 6.37. The summed E-state index contributed by atoms with van der Waals surface area (Å²) in [5.41, 5.74) is 1.75. The van der Waals surface area contributed by atoms with Gasteiger partial charge in [-0.25, -0.2) is 4.98 Å². The Balaban J connectivity index is 1.74. The molecule has 1 aromatic heterocycles. The second-order valence-corrected chi connectivity index (χ2v) is 4.90. The van der Waals surface area contributed by atoms with Crippen LogP contribution in [0.3, 0.4) is 0 Å². The van der Waals surface area contributed by atoms with Gasteiger partial charge in [0.2, 0.25) is 0 Å². The van der Waals surface area contributed by atoms with E-state index in [1.165, 1.54) is 0 Å². The minimum absolute atomic E-state index is 0.194. The molecule has 2 heterocycles. The van der Waals surface area contributed by atoms with Crippen LogP contribution >= 0.6 is 12.2 Å². The van der Waals surface area contributed by atoms with E-state index >= 15 is 0 Å². The zero-order valence-corrected chi connectivity index (χ0v) is 11.6. The molecule has 0 saturated carbocycles. The normalized spacial score (nSPS) is 12.9. The van der Waals surface area contributed by atoms with Gasteiger partial charge in [-0.1, -0.05) is 24.3 Å². The van der Waals surface area contributed by atoms with E-state index in [1.54, 1.807) is 18.3 Å². The van der Waals surface area contributed by atoms with Gasteiger partial charge in [0, 0.05) is 18.3 Å². The van der Waals surface area contributed by atoms with Gasteiger partial charge in [0.15, 0.2) is 5.11 Å². The summed E-state index contributed by atoms with van der Waals surface area (Å²) in [5.74, 6) is 0.644. The molecular formula is C15H13N3OS. The average Bonchev–Trinajstić information content (AvgIpc) is 2.92. The fourth-order valence-electron chi connectivity index (χ4n) is 2.23. The molecule has 20 heavy (non-hydrogen) atoms. The number of aromatic nitrogens is 1. The number of carbonyl (C=O) groups excluding carboxylic acids is 1. The van der Waals surface area contributed by atoms with Crippen molar-refractivity contribution >= 4 is 29.1 Å². The van der Waals surface area contributed by atoms with Crippen LogP contribution in [-0.2, 0) is 6.42 Å². The van der Waals surface area contributed by atoms with Crippen LogP contribution in [0.15, 0.2) is 48.7 Å². The molecule has 0 fully saturated rings. The summed E-state index contributed by atoms with van der Waals surface area (Å²) in [6.45, 7) is 0.750. The molecular weight excluding hydrogens is 270 g/mol. The van der Waals surface area contributed by atoms with E-state index in [-0.39, 0.29) is 5.91 Å². The quantitative estimate of drug-likeness (QED) is 0.815. The third kappa shape index (κ3) is 2.40. The molecule has 3 rings (SSSR count). The summed E-state index contributed by atoms with van der Waals surface area (Å²) >= 11 is 5.32. The number of anilines is 1. The van der Waals surface area contributed by atoms with Crippen LogP contribution in [0.2, 0.25) is 0 Å². The number of thiocarbonyl (C=S) groups is 1. The fraction of sp³-hybridized carbons (Fsp3) is 0.133. The highest BCUT2D eigenvalue weighted by atomic mass is 32.1. The Labute approximate surface area is 122 Å². The monoisotopic (exact) mass is 283 g/mol. The molecule has 1 aromatic carbocycles. The highest BCUT2D eigenvalue weighted by Crippen LogP contribution is 2.24. The van der Waals surface area contributed by atoms with Crippen molar-refractivity contribution < 1.29 is 4.79 Å². The topological polar surface area (TPSA) is 45.2 Å². The van der Waals surface area contributed by atoms with E-state index in [0.29, 0.717) is 10.7 Å². The Hall–Kier alpha value is -2.27. The first kappa shape index (κ1) is 12.7. The molecule has 0 saturated heterocycles. The van der Waals surface area contributed by atoms with Crippen molar-refractivity contribution in [1.82, 2.24) is 10.3 Å². The largest absolute Gasteiger partial charge is 0.303 e. The molecule has 1 aliphatic heterocycles. The van der Waals surface area contributed by atoms with E-state index in [0.717, 1.165) is 24.3 Å². The molecule has 2 aromatic rings. The maximum Gasteiger partial charge on any atom is 0.257 e. The lowest BCUT2D eigenvalue weighted by Gasteiger charge is -2.19. The van der Waals surface area contributed by atoms with Crippen molar-refractivity contribution in [1.29, 1.82) is 0 Å². The molecule has 4 nitrogen and oxygen atoms in total. The van der Waals surface area contributed by atoms with Crippen molar-refractivity contribution in [3.63, 3.8) is 0 Å². The molecule has 1 aliphatic rings. The number of nitrogens with one attached hydrogen (secondary N) is 1. The van der Waals surface area contributed by atoms with Crippen molar-refractivity contribution in [2.24, 2.45) is 0 Å². The lowest BCUT2D eigenvalue weighted by atomic mass is 10.2. The van der Waals surface area contributed by atoms with Crippen molar-refractivity contribution in [3.8, 4) is 0 Å². The Bertz CT molecular complexity index is 657. The van der Waals surface area contributed by atoms with Crippen molar-refractivity contribution in [3.05, 3.63) is 59.8 Å². The van der Waals surface area contributed by atoms with Crippen LogP contribution in [0.1, 0.15) is 15.9 Å². The summed E-state index contributed by atoms with van der Waals surface area (Å²) in [5, 5.41) is 3.16. The maximum atomic E-state index is 12.1. The number of pyridine rings is 1. The number of hydrogen-bond donors (Lipinski definition) is 1. The predicted molar refractivity (Wildman–Crippen MR) is 81.8 cm³/mol. The first-order chi connectivity index (χ1) is 9.75. The van der Waals surface area contributed by atoms with Gasteiger partial charge in [-0.2, -0.15) is 0 Å². The molecule has 0 atom stereocenters. The molecule has 1 N–H and O–H groups in total. The van der Waals surface area contributed by atoms with Gasteiger partial charge in [-0.3, -0.25) is 10.1 Å². The minimum atomic E-state index is -0.194. The second-order valence-electron chi connectivity index (χ2n) is 4.51. The third-order valence-electron chi connectivity index (χ3n) is 3.23. The number of benzene rings is 1. The molecule has 0 aliphatic carbocycles. The van der Waals surface area contributed by atoms with E-state index in [4.69, 9.17) is 12.2 Å². The molecule has 0 radical (unpaired) electrons. The Morgan fingerprint density at radius 1 is 1.20 bits per heavy atom. The summed E-state index contributed by atoms with van der Waals surface area (Å²) in [6.07, 6.45) is 2.63. The summed E-state index contributed by atoms with van der Waals surface area (Å²) in [6, 6.07) is 13.0. The summed E-state index contributed by atoms with van der Waals surface area (Å²) in [4.78, 5) is 18.3. The third-order valence-corrected chi connectivity index (χ3v) is 3.55. The predicted octanol–water partition coefficient (Wildman–Crippen LogP) is 2.16. The van der Waals surface area contributed by atoms with Crippen LogP contribution in [0, 0.1) is 0 Å². The Kier molecular flexibility index (Phi) is 3.43. The number of hydrogen-bond acceptors (Lipinski definition) is 3. The molecule has 100 valence electrons. The van der Waals surface area contributed by atoms with Crippen molar-refractivity contribution in [2.75, 3.05) is 11.4 Å². The first-order valence-corrected chi connectivity index (χ1v) is 6.78. The van der Waals surface area contributed by atoms with E-state index in [1.807, 2.05) is 35.2 Å². The van der Waals surface area contributed by atoms with Gasteiger partial charge in [0.1, 0.15) is 5.82 Å². The standard InChI is InChI=1S/C15H13N3OS/c19-14(12-5-2-1-3-6-12)17-15(20)18-10-8-11-7-4-9-16-13(11)18/h1-7,9H,8,10H2,(H,17,19,20). The van der Waals surface area contributed by atoms with Crippen LogP contribution in [0.4, 0.5) is 5.82 Å². The van der Waals surface area contributed by atoms with Crippen LogP contribution in [0.25, 0.3) is 0 Å². The zero-order valence-electron chi connectivity index (χ0n) is 10.7. The van der Waals surface area contributed by atoms with Gasteiger partial charge >= 0.3 is 0 Å². The Morgan fingerprint density at radius 3 is 2.80 bits per heavy atom. The highest BCUT2D eigenvalue weighted by Gasteiger charge is 2.24. The van der Waals surface area contributed by atoms with Crippen molar-refractivity contribution in [2.45, 2.75) is 6.42 Å². The van der Waals surface area contributed by atoms with Crippen LogP contribution < -0.4 is 10.2 Å². The molecule has 0 bridgehead atoms. The van der Waals surface area contributed by atoms with Gasteiger partial charge in [0.25, 0.3) is 5.91 Å². The smallest absolute Gasteiger partial charge is 0.257 e. The fourth-order valence-corrected chi connectivity index (χ4v) is 2.50. The molecule has 0 unspecified atom stereocenters. The second kappa shape index (κ2) is 5.38. The van der Waals surface area contributed by atoms with Gasteiger partial charge < -0.3 is 4.90 Å². The summed E-state index contributed by atoms with van der Waals surface area (Å²) in [7, 11) is 0. The Morgan fingerprint density at radius 2 is 2.00 bits per heavy atom. The van der Waals surface area contributed by atoms with E-state index in [2.05, 4.69) is 10.3 Å². The average molecular weight is 283 g/mol. The minimum Gasteiger partial charge on any atom is -0.303 e. The van der Waals surface area contributed by atoms with Crippen LogP contribution in [-0.4, -0.2) is 22.5 Å². The lowest BCUT2D eigenvalue weighted by Crippen LogP contribution is -2.42. The number of carbonyl (C=O) groups is 1. The SMILES string of the molecule is O=C(NC(=S)N1CCc2cccnc21)c1ccccc1. The lowest BCUT2D eigenvalue weighted by molar-refractivity contribution is 0.0977. The van der Waals surface area contributed by atoms with Gasteiger partial charge in [0.05, 0.1) is 0 Å². The molecule has 0 spiro atoms. The number of fused-ring (bicyclic) bond motifs is 1. The number of nitrogens with zero attached hydrogens (tertiary/aromatic N) is 2. The molecule has 5 heteroatoms. The number of rotatable bonds is 1. The van der Waals surface area contributed by atoms with E-state index in [9.17, 15) is 4.79 Å². The van der Waals surface area contributed by atoms with Gasteiger partial charge in [-0.15, -0.1) is 0 Å². The van der Waals surface area contributed by atoms with Crippen LogP contribution in [0.5, 0.6) is 0 Å². The number of amides is 1. The summed E-state index contributed by atoms with van der Waals surface area (Å²) < 4.78 is 0. The van der Waals surface area contributed by atoms with Gasteiger partial charge in [-0.05, 0) is 42.4 Å².